The second-order valence-corrected chi connectivity index (χ2v) is 6.16. The molecule has 3 aromatic rings. The summed E-state index contributed by atoms with van der Waals surface area (Å²) < 4.78 is 11.9. The molecule has 10 nitrogen and oxygen atoms in total. The molecule has 0 fully saturated rings. The van der Waals surface area contributed by atoms with Gasteiger partial charge in [-0.1, -0.05) is 6.07 Å². The molecule has 0 saturated carbocycles. The van der Waals surface area contributed by atoms with Gasteiger partial charge in [0.05, 0.1) is 30.0 Å². The average molecular weight is 410 g/mol. The number of nitro groups is 1. The van der Waals surface area contributed by atoms with Crippen LogP contribution in [0.2, 0.25) is 0 Å². The van der Waals surface area contributed by atoms with Crippen molar-refractivity contribution in [2.24, 2.45) is 0 Å². The molecule has 1 N–H and O–H groups in total. The van der Waals surface area contributed by atoms with Crippen LogP contribution in [0.25, 0.3) is 0 Å². The minimum absolute atomic E-state index is 0.132. The Bertz CT molecular complexity index is 1060. The summed E-state index contributed by atoms with van der Waals surface area (Å²) in [6, 6.07) is 10.0. The number of carbonyl (C=O) groups excluding carboxylic acids is 2. The number of ether oxygens (including phenoxy) is 2. The fraction of sp³-hybridized carbons (Fsp3) is 0.150. The summed E-state index contributed by atoms with van der Waals surface area (Å²) in [5.74, 6) is -0.972. The van der Waals surface area contributed by atoms with Crippen molar-refractivity contribution in [3.05, 3.63) is 76.9 Å². The van der Waals surface area contributed by atoms with Gasteiger partial charge < -0.3 is 19.4 Å². The molecular formula is C20H18N4O6. The van der Waals surface area contributed by atoms with Crippen LogP contribution >= 0.6 is 0 Å². The van der Waals surface area contributed by atoms with E-state index in [0.717, 1.165) is 0 Å². The van der Waals surface area contributed by atoms with Gasteiger partial charge in [-0.25, -0.2) is 9.78 Å². The van der Waals surface area contributed by atoms with Gasteiger partial charge >= 0.3 is 11.7 Å². The number of carbonyl (C=O) groups is 2. The first-order valence-corrected chi connectivity index (χ1v) is 8.86. The highest BCUT2D eigenvalue weighted by Gasteiger charge is 2.20. The van der Waals surface area contributed by atoms with Gasteiger partial charge in [0, 0.05) is 31.0 Å². The number of imidazole rings is 1. The molecule has 0 aliphatic heterocycles. The van der Waals surface area contributed by atoms with E-state index >= 15 is 0 Å². The van der Waals surface area contributed by atoms with Crippen molar-refractivity contribution < 1.29 is 24.0 Å². The van der Waals surface area contributed by atoms with E-state index < -0.39 is 16.6 Å². The number of esters is 1. The average Bonchev–Trinajstić information content (AvgIpc) is 3.26. The highest BCUT2D eigenvalue weighted by molar-refractivity contribution is 5.95. The molecule has 0 spiro atoms. The Balaban J connectivity index is 1.67. The zero-order valence-electron chi connectivity index (χ0n) is 16.0. The Hall–Kier alpha value is -4.21. The maximum atomic E-state index is 12.5. The van der Waals surface area contributed by atoms with Gasteiger partial charge in [0.25, 0.3) is 0 Å². The lowest BCUT2D eigenvalue weighted by Crippen LogP contribution is -2.15. The SMILES string of the molecule is COc1ccc(OC(=O)c2cccc(NC(=O)CCn3ccnc3)c2)c([N+](=O)[O-])c1. The summed E-state index contributed by atoms with van der Waals surface area (Å²) in [7, 11) is 1.37. The fourth-order valence-electron chi connectivity index (χ4n) is 2.61. The van der Waals surface area contributed by atoms with Crippen molar-refractivity contribution in [2.75, 3.05) is 12.4 Å². The van der Waals surface area contributed by atoms with E-state index in [-0.39, 0.29) is 29.4 Å². The van der Waals surface area contributed by atoms with Crippen LogP contribution in [-0.2, 0) is 11.3 Å². The van der Waals surface area contributed by atoms with Crippen molar-refractivity contribution in [3.63, 3.8) is 0 Å². The first kappa shape index (κ1) is 20.5. The van der Waals surface area contributed by atoms with Gasteiger partial charge in [-0.2, -0.15) is 0 Å². The number of aromatic nitrogens is 2. The number of nitro benzene ring substituents is 1. The quantitative estimate of drug-likeness (QED) is 0.262. The first-order chi connectivity index (χ1) is 14.5. The smallest absolute Gasteiger partial charge is 0.343 e. The third kappa shape index (κ3) is 5.19. The molecule has 0 aliphatic carbocycles. The third-order valence-electron chi connectivity index (χ3n) is 4.10. The number of anilines is 1. The zero-order chi connectivity index (χ0) is 21.5. The lowest BCUT2D eigenvalue weighted by Gasteiger charge is -2.09. The van der Waals surface area contributed by atoms with Gasteiger partial charge in [0.2, 0.25) is 11.7 Å². The van der Waals surface area contributed by atoms with E-state index in [1.165, 1.54) is 37.4 Å². The Morgan fingerprint density at radius 2 is 2.07 bits per heavy atom. The molecule has 30 heavy (non-hydrogen) atoms. The molecule has 1 heterocycles. The van der Waals surface area contributed by atoms with Gasteiger partial charge in [0.1, 0.15) is 5.75 Å². The molecule has 0 saturated heterocycles. The lowest BCUT2D eigenvalue weighted by molar-refractivity contribution is -0.385. The van der Waals surface area contributed by atoms with Gasteiger partial charge in [-0.3, -0.25) is 14.9 Å². The summed E-state index contributed by atoms with van der Waals surface area (Å²) in [6.45, 7) is 0.467. The predicted molar refractivity (Wildman–Crippen MR) is 107 cm³/mol. The molecule has 0 bridgehead atoms. The standard InChI is InChI=1S/C20H18N4O6/c1-29-16-5-6-18(17(12-16)24(27)28)30-20(26)14-3-2-4-15(11-14)22-19(25)7-9-23-10-8-21-13-23/h2-6,8,10-13H,7,9H2,1H3,(H,22,25). The van der Waals surface area contributed by atoms with E-state index in [1.54, 1.807) is 35.4 Å². The molecule has 0 atom stereocenters. The summed E-state index contributed by atoms with van der Waals surface area (Å²) in [5, 5.41) is 13.9. The molecule has 2 aromatic carbocycles. The van der Waals surface area contributed by atoms with Gasteiger partial charge in [-0.05, 0) is 30.3 Å². The molecular weight excluding hydrogens is 392 g/mol. The fourth-order valence-corrected chi connectivity index (χ4v) is 2.61. The summed E-state index contributed by atoms with van der Waals surface area (Å²) >= 11 is 0. The van der Waals surface area contributed by atoms with Crippen molar-refractivity contribution >= 4 is 23.3 Å². The first-order valence-electron chi connectivity index (χ1n) is 8.86. The van der Waals surface area contributed by atoms with E-state index in [4.69, 9.17) is 9.47 Å². The number of benzene rings is 2. The Morgan fingerprint density at radius 1 is 1.23 bits per heavy atom. The van der Waals surface area contributed by atoms with Crippen LogP contribution in [0, 0.1) is 10.1 Å². The minimum Gasteiger partial charge on any atom is -0.496 e. The number of nitrogens with zero attached hydrogens (tertiary/aromatic N) is 3. The van der Waals surface area contributed by atoms with Crippen molar-refractivity contribution in [1.29, 1.82) is 0 Å². The van der Waals surface area contributed by atoms with Gasteiger partial charge in [-0.15, -0.1) is 0 Å². The van der Waals surface area contributed by atoms with Crippen LogP contribution in [0.4, 0.5) is 11.4 Å². The lowest BCUT2D eigenvalue weighted by atomic mass is 10.2. The van der Waals surface area contributed by atoms with E-state index in [2.05, 4.69) is 10.3 Å². The molecule has 1 aromatic heterocycles. The maximum Gasteiger partial charge on any atom is 0.343 e. The normalized spacial score (nSPS) is 10.3. The molecule has 1 amide bonds. The van der Waals surface area contributed by atoms with E-state index in [1.807, 2.05) is 0 Å². The number of aryl methyl sites for hydroxylation is 1. The highest BCUT2D eigenvalue weighted by Crippen LogP contribution is 2.31. The maximum absolute atomic E-state index is 12.5. The number of hydrogen-bond acceptors (Lipinski definition) is 7. The second-order valence-electron chi connectivity index (χ2n) is 6.16. The monoisotopic (exact) mass is 410 g/mol. The number of methoxy groups -OCH3 is 1. The molecule has 0 aliphatic rings. The van der Waals surface area contributed by atoms with E-state index in [9.17, 15) is 19.7 Å². The zero-order valence-corrected chi connectivity index (χ0v) is 16.0. The number of nitrogens with one attached hydrogen (secondary N) is 1. The van der Waals surface area contributed by atoms with Crippen LogP contribution in [0.15, 0.2) is 61.2 Å². The second kappa shape index (κ2) is 9.32. The number of rotatable bonds is 8. The molecule has 154 valence electrons. The highest BCUT2D eigenvalue weighted by atomic mass is 16.6. The van der Waals surface area contributed by atoms with Crippen molar-refractivity contribution in [1.82, 2.24) is 9.55 Å². The van der Waals surface area contributed by atoms with E-state index in [0.29, 0.717) is 12.2 Å². The predicted octanol–water partition coefficient (Wildman–Crippen LogP) is 3.05. The topological polar surface area (TPSA) is 126 Å². The Morgan fingerprint density at radius 3 is 2.77 bits per heavy atom. The molecule has 3 rings (SSSR count). The van der Waals surface area contributed by atoms with Crippen LogP contribution in [0.3, 0.4) is 0 Å². The minimum atomic E-state index is -0.794. The van der Waals surface area contributed by atoms with Crippen LogP contribution < -0.4 is 14.8 Å². The molecule has 10 heteroatoms. The molecule has 0 radical (unpaired) electrons. The van der Waals surface area contributed by atoms with Crippen LogP contribution in [0.1, 0.15) is 16.8 Å². The molecule has 0 unspecified atom stereocenters. The largest absolute Gasteiger partial charge is 0.496 e. The van der Waals surface area contributed by atoms with Crippen LogP contribution in [-0.4, -0.2) is 33.5 Å². The van der Waals surface area contributed by atoms with Crippen LogP contribution in [0.5, 0.6) is 11.5 Å². The number of amides is 1. The Labute approximate surface area is 171 Å². The summed E-state index contributed by atoms with van der Waals surface area (Å²) in [6.07, 6.45) is 5.22. The third-order valence-corrected chi connectivity index (χ3v) is 4.10. The van der Waals surface area contributed by atoms with Crippen molar-refractivity contribution in [2.45, 2.75) is 13.0 Å². The summed E-state index contributed by atoms with van der Waals surface area (Å²) in [5.41, 5.74) is 0.142. The summed E-state index contributed by atoms with van der Waals surface area (Å²) in [4.78, 5) is 39.1. The Kier molecular flexibility index (Phi) is 6.38. The number of hydrogen-bond donors (Lipinski definition) is 1. The van der Waals surface area contributed by atoms with Crippen molar-refractivity contribution in [3.8, 4) is 11.5 Å². The van der Waals surface area contributed by atoms with Gasteiger partial charge in [0.15, 0.2) is 0 Å².